The molecule has 26 heavy (non-hydrogen) atoms. The quantitative estimate of drug-likeness (QED) is 0.215. The normalized spacial score (nSPS) is 10.6. The molecule has 0 aliphatic carbocycles. The van der Waals surface area contributed by atoms with Crippen molar-refractivity contribution in [3.63, 3.8) is 0 Å². The van der Waals surface area contributed by atoms with E-state index in [9.17, 15) is 0 Å². The van der Waals surface area contributed by atoms with E-state index in [-0.39, 0.29) is 0 Å². The fraction of sp³-hybridized carbons (Fsp3) is 1.00. The smallest absolute Gasteiger partial charge is 0.00773 e. The molecular weight excluding hydrogens is 316 g/mol. The summed E-state index contributed by atoms with van der Waals surface area (Å²) in [6.07, 6.45) is 27.9. The van der Waals surface area contributed by atoms with Gasteiger partial charge in [-0.25, -0.2) is 0 Å². The standard InChI is InChI=1S/C16H35N.C8H19N/c1-2-3-4-5-6-7-8-9-10-11-12-13-14-15-16-17;1-2-3-4-5-6-7-8-9/h2-17H2,1H3;2-9H2,1H3. The highest BCUT2D eigenvalue weighted by molar-refractivity contribution is 4.49. The van der Waals surface area contributed by atoms with Crippen molar-refractivity contribution in [2.45, 2.75) is 142 Å². The lowest BCUT2D eigenvalue weighted by Crippen LogP contribution is -1.97. The molecule has 2 heteroatoms. The molecule has 0 aromatic carbocycles. The van der Waals surface area contributed by atoms with Gasteiger partial charge in [-0.1, -0.05) is 129 Å². The first kappa shape index (κ1) is 28.1. The summed E-state index contributed by atoms with van der Waals surface area (Å²) in [4.78, 5) is 0. The Kier molecular flexibility index (Phi) is 32.1. The maximum absolute atomic E-state index is 5.47. The fourth-order valence-electron chi connectivity index (χ4n) is 3.26. The van der Waals surface area contributed by atoms with Crippen LogP contribution in [0.4, 0.5) is 0 Å². The maximum Gasteiger partial charge on any atom is -0.00773 e. The lowest BCUT2D eigenvalue weighted by atomic mass is 10.0. The topological polar surface area (TPSA) is 52.0 Å². The summed E-state index contributed by atoms with van der Waals surface area (Å²) in [5, 5.41) is 0. The molecule has 4 N–H and O–H groups in total. The molecule has 0 heterocycles. The molecule has 0 saturated carbocycles. The van der Waals surface area contributed by atoms with E-state index < -0.39 is 0 Å². The van der Waals surface area contributed by atoms with Crippen LogP contribution in [-0.2, 0) is 0 Å². The predicted octanol–water partition coefficient (Wildman–Crippen LogP) is 7.73. The highest BCUT2D eigenvalue weighted by Gasteiger charge is 1.93. The van der Waals surface area contributed by atoms with Crippen molar-refractivity contribution in [3.8, 4) is 0 Å². The van der Waals surface area contributed by atoms with Crippen molar-refractivity contribution in [1.82, 2.24) is 0 Å². The Morgan fingerprint density at radius 1 is 0.308 bits per heavy atom. The Morgan fingerprint density at radius 2 is 0.500 bits per heavy atom. The van der Waals surface area contributed by atoms with E-state index in [2.05, 4.69) is 13.8 Å². The molecule has 0 aromatic rings. The molecule has 0 spiro atoms. The Hall–Kier alpha value is -0.0800. The first-order chi connectivity index (χ1) is 12.8. The van der Waals surface area contributed by atoms with E-state index >= 15 is 0 Å². The van der Waals surface area contributed by atoms with Gasteiger partial charge in [-0.05, 0) is 25.9 Å². The molecule has 0 fully saturated rings. The summed E-state index contributed by atoms with van der Waals surface area (Å²) < 4.78 is 0. The van der Waals surface area contributed by atoms with Crippen molar-refractivity contribution in [2.24, 2.45) is 11.5 Å². The lowest BCUT2D eigenvalue weighted by Gasteiger charge is -2.02. The highest BCUT2D eigenvalue weighted by Crippen LogP contribution is 2.12. The van der Waals surface area contributed by atoms with Crippen molar-refractivity contribution in [2.75, 3.05) is 13.1 Å². The number of nitrogens with two attached hydrogens (primary N) is 2. The minimum absolute atomic E-state index is 0.867. The van der Waals surface area contributed by atoms with Gasteiger partial charge in [-0.3, -0.25) is 0 Å². The Balaban J connectivity index is 0. The van der Waals surface area contributed by atoms with Gasteiger partial charge in [0, 0.05) is 0 Å². The molecule has 160 valence electrons. The predicted molar refractivity (Wildman–Crippen MR) is 122 cm³/mol. The van der Waals surface area contributed by atoms with Crippen molar-refractivity contribution < 1.29 is 0 Å². The van der Waals surface area contributed by atoms with Gasteiger partial charge in [0.1, 0.15) is 0 Å². The van der Waals surface area contributed by atoms with Crippen LogP contribution in [0.3, 0.4) is 0 Å². The third-order valence-electron chi connectivity index (χ3n) is 5.12. The third kappa shape index (κ3) is 31.7. The molecule has 0 rings (SSSR count). The molecule has 0 atom stereocenters. The second kappa shape index (κ2) is 29.7. The minimum atomic E-state index is 0.867. The van der Waals surface area contributed by atoms with E-state index in [0.29, 0.717) is 0 Å². The molecule has 0 saturated heterocycles. The van der Waals surface area contributed by atoms with Crippen LogP contribution in [0, 0.1) is 0 Å². The van der Waals surface area contributed by atoms with Crippen LogP contribution in [0.5, 0.6) is 0 Å². The summed E-state index contributed by atoms with van der Waals surface area (Å²) in [7, 11) is 0. The zero-order chi connectivity index (χ0) is 19.6. The van der Waals surface area contributed by atoms with Gasteiger partial charge >= 0.3 is 0 Å². The minimum Gasteiger partial charge on any atom is -0.330 e. The fourth-order valence-corrected chi connectivity index (χ4v) is 3.26. The molecule has 0 radical (unpaired) electrons. The molecule has 0 amide bonds. The SMILES string of the molecule is CCCCCCCCCCCCCCCCN.CCCCCCCCN. The Labute approximate surface area is 167 Å². The van der Waals surface area contributed by atoms with Gasteiger partial charge < -0.3 is 11.5 Å². The number of rotatable bonds is 20. The summed E-state index contributed by atoms with van der Waals surface area (Å²) >= 11 is 0. The Bertz CT molecular complexity index is 186. The van der Waals surface area contributed by atoms with Gasteiger partial charge in [-0.15, -0.1) is 0 Å². The summed E-state index contributed by atoms with van der Waals surface area (Å²) in [5.41, 5.74) is 10.8. The van der Waals surface area contributed by atoms with Crippen LogP contribution < -0.4 is 11.5 Å². The first-order valence-corrected chi connectivity index (χ1v) is 12.2. The van der Waals surface area contributed by atoms with E-state index in [4.69, 9.17) is 11.5 Å². The van der Waals surface area contributed by atoms with Crippen LogP contribution in [0.1, 0.15) is 142 Å². The second-order valence-electron chi connectivity index (χ2n) is 7.94. The van der Waals surface area contributed by atoms with Crippen molar-refractivity contribution >= 4 is 0 Å². The molecule has 0 unspecified atom stereocenters. The zero-order valence-electron chi connectivity index (χ0n) is 18.7. The van der Waals surface area contributed by atoms with Crippen LogP contribution in [0.15, 0.2) is 0 Å². The van der Waals surface area contributed by atoms with Crippen molar-refractivity contribution in [3.05, 3.63) is 0 Å². The summed E-state index contributed by atoms with van der Waals surface area (Å²) in [6, 6.07) is 0. The highest BCUT2D eigenvalue weighted by atomic mass is 14.5. The van der Waals surface area contributed by atoms with E-state index in [1.54, 1.807) is 0 Å². The maximum atomic E-state index is 5.47. The van der Waals surface area contributed by atoms with Crippen molar-refractivity contribution in [1.29, 1.82) is 0 Å². The van der Waals surface area contributed by atoms with Gasteiger partial charge in [0.25, 0.3) is 0 Å². The third-order valence-corrected chi connectivity index (χ3v) is 5.12. The zero-order valence-corrected chi connectivity index (χ0v) is 18.7. The van der Waals surface area contributed by atoms with Gasteiger partial charge in [0.05, 0.1) is 0 Å². The first-order valence-electron chi connectivity index (χ1n) is 12.2. The molecule has 0 aliphatic rings. The average molecular weight is 371 g/mol. The molecule has 0 aromatic heterocycles. The molecule has 2 nitrogen and oxygen atoms in total. The van der Waals surface area contributed by atoms with Crippen LogP contribution in [-0.4, -0.2) is 13.1 Å². The molecule has 0 aliphatic heterocycles. The van der Waals surface area contributed by atoms with E-state index in [1.807, 2.05) is 0 Å². The monoisotopic (exact) mass is 370 g/mol. The molecular formula is C24H54N2. The Morgan fingerprint density at radius 3 is 0.692 bits per heavy atom. The average Bonchev–Trinajstić information content (AvgIpc) is 2.66. The van der Waals surface area contributed by atoms with Gasteiger partial charge in [0.2, 0.25) is 0 Å². The molecule has 0 bridgehead atoms. The summed E-state index contributed by atoms with van der Waals surface area (Å²) in [6.45, 7) is 6.26. The van der Waals surface area contributed by atoms with Crippen LogP contribution >= 0.6 is 0 Å². The van der Waals surface area contributed by atoms with Gasteiger partial charge in [0.15, 0.2) is 0 Å². The van der Waals surface area contributed by atoms with E-state index in [0.717, 1.165) is 13.1 Å². The van der Waals surface area contributed by atoms with Gasteiger partial charge in [-0.2, -0.15) is 0 Å². The lowest BCUT2D eigenvalue weighted by molar-refractivity contribution is 0.536. The number of hydrogen-bond acceptors (Lipinski definition) is 2. The largest absolute Gasteiger partial charge is 0.330 e. The number of unbranched alkanes of at least 4 members (excludes halogenated alkanes) is 18. The second-order valence-corrected chi connectivity index (χ2v) is 7.94. The van der Waals surface area contributed by atoms with E-state index in [1.165, 1.54) is 128 Å². The number of hydrogen-bond donors (Lipinski definition) is 2. The summed E-state index contributed by atoms with van der Waals surface area (Å²) in [5.74, 6) is 0. The van der Waals surface area contributed by atoms with Crippen LogP contribution in [0.2, 0.25) is 0 Å². The van der Waals surface area contributed by atoms with Crippen LogP contribution in [0.25, 0.3) is 0 Å².